The van der Waals surface area contributed by atoms with Crippen LogP contribution >= 0.6 is 0 Å². The molecule has 1 nitrogen and oxygen atoms in total. The summed E-state index contributed by atoms with van der Waals surface area (Å²) in [4.78, 5) is 0. The van der Waals surface area contributed by atoms with Crippen LogP contribution < -0.4 is 0 Å². The molecule has 0 amide bonds. The van der Waals surface area contributed by atoms with E-state index in [1.54, 1.807) is 6.07 Å². The lowest BCUT2D eigenvalue weighted by atomic mass is 10.1. The van der Waals surface area contributed by atoms with Crippen molar-refractivity contribution in [2.75, 3.05) is 0 Å². The molecule has 0 N–H and O–H groups in total. The van der Waals surface area contributed by atoms with Crippen LogP contribution in [0.5, 0.6) is 0 Å². The number of hydrogen-bond donors (Lipinski definition) is 0. The molecule has 1 heterocycles. The van der Waals surface area contributed by atoms with E-state index in [0.29, 0.717) is 18.8 Å². The monoisotopic (exact) mass is 137 g/mol. The van der Waals surface area contributed by atoms with Gasteiger partial charge in [0, 0.05) is 5.56 Å². The zero-order valence-corrected chi connectivity index (χ0v) is 5.36. The average Bonchev–Trinajstić information content (AvgIpc) is 2.36. The van der Waals surface area contributed by atoms with Crippen LogP contribution in [-0.4, -0.2) is 0 Å². The van der Waals surface area contributed by atoms with Gasteiger partial charge < -0.3 is 4.74 Å². The molecule has 1 aromatic carbocycles. The van der Waals surface area contributed by atoms with Gasteiger partial charge in [-0.05, 0) is 23.8 Å². The zero-order chi connectivity index (χ0) is 6.97. The molecule has 10 heavy (non-hydrogen) atoms. The van der Waals surface area contributed by atoms with Gasteiger partial charge in [0.05, 0.1) is 13.2 Å². The highest BCUT2D eigenvalue weighted by molar-refractivity contribution is 5.28. The fraction of sp³-hybridized carbons (Fsp3) is 0.250. The minimum Gasteiger partial charge on any atom is -0.372 e. The van der Waals surface area contributed by atoms with Gasteiger partial charge in [-0.2, -0.15) is 0 Å². The van der Waals surface area contributed by atoms with Crippen molar-refractivity contribution in [3.63, 3.8) is 0 Å². The predicted molar refractivity (Wildman–Crippen MR) is 33.7 cm³/mol. The normalized spacial score (nSPS) is 15.3. The maximum absolute atomic E-state index is 12.8. The average molecular weight is 137 g/mol. The van der Waals surface area contributed by atoms with Crippen molar-refractivity contribution >= 4 is 0 Å². The number of hydrogen-bond acceptors (Lipinski definition) is 1. The fourth-order valence-corrected chi connectivity index (χ4v) is 1.10. The first-order chi connectivity index (χ1) is 4.88. The second-order valence-corrected chi connectivity index (χ2v) is 2.30. The number of ether oxygens (including phenoxy) is 1. The minimum absolute atomic E-state index is 0.199. The molecule has 2 heteroatoms. The van der Waals surface area contributed by atoms with Crippen LogP contribution in [0.15, 0.2) is 12.1 Å². The van der Waals surface area contributed by atoms with E-state index in [9.17, 15) is 4.39 Å². The van der Waals surface area contributed by atoms with E-state index in [1.807, 2.05) is 0 Å². The summed E-state index contributed by atoms with van der Waals surface area (Å²) in [5.41, 5.74) is 1.62. The Morgan fingerprint density at radius 2 is 2.30 bits per heavy atom. The van der Waals surface area contributed by atoms with Crippen LogP contribution in [0, 0.1) is 11.9 Å². The molecule has 0 atom stereocenters. The van der Waals surface area contributed by atoms with Crippen molar-refractivity contribution < 1.29 is 9.13 Å². The van der Waals surface area contributed by atoms with E-state index >= 15 is 0 Å². The van der Waals surface area contributed by atoms with Crippen LogP contribution in [0.2, 0.25) is 0 Å². The van der Waals surface area contributed by atoms with Gasteiger partial charge in [0.25, 0.3) is 0 Å². The van der Waals surface area contributed by atoms with E-state index < -0.39 is 0 Å². The van der Waals surface area contributed by atoms with Gasteiger partial charge in [-0.3, -0.25) is 0 Å². The largest absolute Gasteiger partial charge is 0.372 e. The van der Waals surface area contributed by atoms with Crippen LogP contribution in [0.4, 0.5) is 4.39 Å². The van der Waals surface area contributed by atoms with Crippen molar-refractivity contribution in [3.8, 4) is 0 Å². The van der Waals surface area contributed by atoms with Gasteiger partial charge in [0.1, 0.15) is 5.82 Å². The predicted octanol–water partition coefficient (Wildman–Crippen LogP) is 1.66. The third-order valence-electron chi connectivity index (χ3n) is 1.65. The third-order valence-corrected chi connectivity index (χ3v) is 1.65. The van der Waals surface area contributed by atoms with Gasteiger partial charge in [0.15, 0.2) is 0 Å². The smallest absolute Gasteiger partial charge is 0.129 e. The summed E-state index contributed by atoms with van der Waals surface area (Å²) in [6.07, 6.45) is 0. The summed E-state index contributed by atoms with van der Waals surface area (Å²) in [7, 11) is 0. The Kier molecular flexibility index (Phi) is 1.21. The molecule has 0 saturated heterocycles. The number of rotatable bonds is 0. The summed E-state index contributed by atoms with van der Waals surface area (Å²) in [5.74, 6) is -0.199. The molecule has 0 aromatic heterocycles. The van der Waals surface area contributed by atoms with E-state index in [0.717, 1.165) is 5.56 Å². The standard InChI is InChI=1S/C8H6FO/c9-8-3-1-2-6-4-10-5-7(6)8/h2-3H,4-5H2. The third kappa shape index (κ3) is 0.727. The van der Waals surface area contributed by atoms with Crippen LogP contribution in [0.25, 0.3) is 0 Å². The van der Waals surface area contributed by atoms with Gasteiger partial charge in [-0.1, -0.05) is 0 Å². The van der Waals surface area contributed by atoms with E-state index in [-0.39, 0.29) is 5.82 Å². The maximum atomic E-state index is 12.8. The highest BCUT2D eigenvalue weighted by Gasteiger charge is 2.13. The lowest BCUT2D eigenvalue weighted by Gasteiger charge is -1.94. The highest BCUT2D eigenvalue weighted by Crippen LogP contribution is 2.21. The Morgan fingerprint density at radius 1 is 1.40 bits per heavy atom. The molecule has 0 unspecified atom stereocenters. The van der Waals surface area contributed by atoms with Gasteiger partial charge >= 0.3 is 0 Å². The Bertz CT molecular complexity index is 257. The minimum atomic E-state index is -0.199. The number of halogens is 1. The summed E-state index contributed by atoms with van der Waals surface area (Å²) >= 11 is 0. The fourth-order valence-electron chi connectivity index (χ4n) is 1.10. The summed E-state index contributed by atoms with van der Waals surface area (Å²) in [5, 5.41) is 0. The molecule has 1 aliphatic heterocycles. The molecule has 51 valence electrons. The van der Waals surface area contributed by atoms with E-state index in [1.165, 1.54) is 6.07 Å². The lowest BCUT2D eigenvalue weighted by molar-refractivity contribution is 0.133. The molecule has 2 rings (SSSR count). The second kappa shape index (κ2) is 2.06. The van der Waals surface area contributed by atoms with Crippen LogP contribution in [0.1, 0.15) is 11.1 Å². The first-order valence-electron chi connectivity index (χ1n) is 3.13. The zero-order valence-electron chi connectivity index (χ0n) is 5.36. The maximum Gasteiger partial charge on any atom is 0.129 e. The molecular weight excluding hydrogens is 131 g/mol. The Hall–Kier alpha value is -0.890. The molecule has 0 spiro atoms. The summed E-state index contributed by atoms with van der Waals surface area (Å²) in [6, 6.07) is 5.82. The highest BCUT2D eigenvalue weighted by atomic mass is 19.1. The summed E-state index contributed by atoms with van der Waals surface area (Å²) in [6.45, 7) is 0.944. The van der Waals surface area contributed by atoms with Gasteiger partial charge in [0.2, 0.25) is 0 Å². The SMILES string of the molecule is Fc1c[c]cc2c1COC2. The molecule has 0 aliphatic carbocycles. The van der Waals surface area contributed by atoms with E-state index in [4.69, 9.17) is 4.74 Å². The van der Waals surface area contributed by atoms with Crippen LogP contribution in [0.3, 0.4) is 0 Å². The summed E-state index contributed by atoms with van der Waals surface area (Å²) < 4.78 is 17.8. The molecule has 1 radical (unpaired) electrons. The molecule has 0 bridgehead atoms. The van der Waals surface area contributed by atoms with Crippen molar-refractivity contribution in [2.24, 2.45) is 0 Å². The lowest BCUT2D eigenvalue weighted by Crippen LogP contribution is -1.86. The second-order valence-electron chi connectivity index (χ2n) is 2.30. The van der Waals surface area contributed by atoms with Crippen molar-refractivity contribution in [2.45, 2.75) is 13.2 Å². The van der Waals surface area contributed by atoms with Gasteiger partial charge in [-0.15, -0.1) is 0 Å². The topological polar surface area (TPSA) is 9.23 Å². The van der Waals surface area contributed by atoms with Crippen molar-refractivity contribution in [1.29, 1.82) is 0 Å². The Morgan fingerprint density at radius 3 is 3.10 bits per heavy atom. The van der Waals surface area contributed by atoms with E-state index in [2.05, 4.69) is 6.07 Å². The number of benzene rings is 1. The van der Waals surface area contributed by atoms with Gasteiger partial charge in [-0.25, -0.2) is 4.39 Å². The molecule has 0 saturated carbocycles. The molecule has 1 aliphatic rings. The quantitative estimate of drug-likeness (QED) is 0.528. The molecule has 0 fully saturated rings. The first kappa shape index (κ1) is 5.86. The first-order valence-corrected chi connectivity index (χ1v) is 3.13. The molecular formula is C8H6FO. The number of fused-ring (bicyclic) bond motifs is 1. The Labute approximate surface area is 58.4 Å². The van der Waals surface area contributed by atoms with Crippen LogP contribution in [-0.2, 0) is 18.0 Å². The Balaban J connectivity index is 2.59. The van der Waals surface area contributed by atoms with Crippen molar-refractivity contribution in [3.05, 3.63) is 35.1 Å². The van der Waals surface area contributed by atoms with Crippen molar-refractivity contribution in [1.82, 2.24) is 0 Å². The molecule has 1 aromatic rings.